The number of pyridine rings is 1. The number of nitrogens with one attached hydrogen (secondary N) is 1. The molecule has 1 N–H and O–H groups in total. The second-order valence-corrected chi connectivity index (χ2v) is 9.60. The normalized spacial score (nSPS) is 21.3. The lowest BCUT2D eigenvalue weighted by atomic mass is 9.83. The van der Waals surface area contributed by atoms with Gasteiger partial charge >= 0.3 is 0 Å². The van der Waals surface area contributed by atoms with Crippen LogP contribution in [0.1, 0.15) is 43.4 Å². The summed E-state index contributed by atoms with van der Waals surface area (Å²) in [5, 5.41) is 3.64. The Labute approximate surface area is 180 Å². The zero-order valence-corrected chi connectivity index (χ0v) is 18.7. The molecule has 0 saturated carbocycles. The predicted octanol–water partition coefficient (Wildman–Crippen LogP) is 3.70. The van der Waals surface area contributed by atoms with E-state index in [4.69, 9.17) is 0 Å². The number of amides is 1. The van der Waals surface area contributed by atoms with E-state index in [-0.39, 0.29) is 17.2 Å². The predicted molar refractivity (Wildman–Crippen MR) is 122 cm³/mol. The number of benzene rings is 1. The second-order valence-electron chi connectivity index (χ2n) is 9.60. The first kappa shape index (κ1) is 20.9. The van der Waals surface area contributed by atoms with Gasteiger partial charge in [0.05, 0.1) is 0 Å². The highest BCUT2D eigenvalue weighted by molar-refractivity contribution is 5.78. The molecule has 1 amide bonds. The van der Waals surface area contributed by atoms with Crippen molar-refractivity contribution in [2.75, 3.05) is 32.5 Å². The number of anilines is 1. The van der Waals surface area contributed by atoms with Gasteiger partial charge in [-0.05, 0) is 62.2 Å². The highest BCUT2D eigenvalue weighted by Gasteiger charge is 2.39. The Morgan fingerprint density at radius 2 is 1.93 bits per heavy atom. The highest BCUT2D eigenvalue weighted by atomic mass is 16.2. The van der Waals surface area contributed by atoms with E-state index in [0.717, 1.165) is 43.7 Å². The van der Waals surface area contributed by atoms with Gasteiger partial charge in [0.25, 0.3) is 0 Å². The van der Waals surface area contributed by atoms with Crippen molar-refractivity contribution in [1.82, 2.24) is 14.8 Å². The van der Waals surface area contributed by atoms with Gasteiger partial charge in [-0.3, -0.25) is 4.79 Å². The quantitative estimate of drug-likeness (QED) is 0.823. The molecule has 1 aliphatic carbocycles. The van der Waals surface area contributed by atoms with Gasteiger partial charge in [0.2, 0.25) is 5.91 Å². The summed E-state index contributed by atoms with van der Waals surface area (Å²) in [7, 11) is 4.03. The van der Waals surface area contributed by atoms with Crippen LogP contribution in [-0.2, 0) is 23.2 Å². The molecule has 0 bridgehead atoms. The van der Waals surface area contributed by atoms with E-state index in [1.165, 1.54) is 11.1 Å². The van der Waals surface area contributed by atoms with E-state index in [0.29, 0.717) is 12.6 Å². The van der Waals surface area contributed by atoms with Gasteiger partial charge in [-0.15, -0.1) is 0 Å². The fraction of sp³-hybridized carbons (Fsp3) is 0.520. The van der Waals surface area contributed by atoms with E-state index in [1.54, 1.807) is 0 Å². The van der Waals surface area contributed by atoms with Crippen LogP contribution in [0, 0.1) is 5.92 Å². The van der Waals surface area contributed by atoms with Crippen molar-refractivity contribution >= 4 is 11.7 Å². The van der Waals surface area contributed by atoms with Gasteiger partial charge < -0.3 is 15.1 Å². The lowest BCUT2D eigenvalue weighted by Gasteiger charge is -2.31. The van der Waals surface area contributed by atoms with Crippen molar-refractivity contribution in [3.05, 3.63) is 59.3 Å². The fourth-order valence-corrected chi connectivity index (χ4v) is 4.92. The molecule has 30 heavy (non-hydrogen) atoms. The topological polar surface area (TPSA) is 48.5 Å². The number of aromatic nitrogens is 1. The molecule has 2 aliphatic rings. The van der Waals surface area contributed by atoms with Gasteiger partial charge in [-0.1, -0.05) is 44.2 Å². The van der Waals surface area contributed by atoms with E-state index in [2.05, 4.69) is 66.4 Å². The maximum Gasteiger partial charge on any atom is 0.225 e. The summed E-state index contributed by atoms with van der Waals surface area (Å²) < 4.78 is 0. The molecular weight excluding hydrogens is 372 g/mol. The number of carbonyl (C=O) groups is 1. The lowest BCUT2D eigenvalue weighted by Crippen LogP contribution is -2.39. The number of fused-ring (bicyclic) bond motifs is 1. The number of hydrogen-bond acceptors (Lipinski definition) is 4. The third-order valence-corrected chi connectivity index (χ3v) is 7.02. The zero-order valence-electron chi connectivity index (χ0n) is 18.7. The van der Waals surface area contributed by atoms with Crippen LogP contribution in [0.5, 0.6) is 0 Å². The number of rotatable bonds is 5. The molecule has 1 atom stereocenters. The average Bonchev–Trinajstić information content (AvgIpc) is 2.99. The van der Waals surface area contributed by atoms with Crippen molar-refractivity contribution in [1.29, 1.82) is 0 Å². The molecule has 1 fully saturated rings. The summed E-state index contributed by atoms with van der Waals surface area (Å²) in [6.07, 6.45) is 4.83. The molecule has 1 unspecified atom stereocenters. The van der Waals surface area contributed by atoms with Gasteiger partial charge in [0.15, 0.2) is 0 Å². The molecule has 160 valence electrons. The van der Waals surface area contributed by atoms with Gasteiger partial charge in [-0.2, -0.15) is 0 Å². The smallest absolute Gasteiger partial charge is 0.225 e. The lowest BCUT2D eigenvalue weighted by molar-refractivity contribution is -0.136. The Kier molecular flexibility index (Phi) is 5.83. The molecule has 2 heterocycles. The van der Waals surface area contributed by atoms with Crippen LogP contribution < -0.4 is 5.32 Å². The van der Waals surface area contributed by atoms with E-state index >= 15 is 0 Å². The first-order valence-corrected chi connectivity index (χ1v) is 11.1. The molecular formula is C25H34N4O. The fourth-order valence-electron chi connectivity index (χ4n) is 4.92. The summed E-state index contributed by atoms with van der Waals surface area (Å²) in [5.41, 5.74) is 3.98. The SMILES string of the molecule is CN1CCC(C(=O)N(C)Cc2ccc(NC3Cc4ccccc4C3(C)C)nc2)CC1. The summed E-state index contributed by atoms with van der Waals surface area (Å²) in [5.74, 6) is 1.32. The zero-order chi connectivity index (χ0) is 21.3. The number of nitrogens with zero attached hydrogens (tertiary/aromatic N) is 3. The minimum atomic E-state index is 0.0671. The van der Waals surface area contributed by atoms with Crippen molar-refractivity contribution in [3.63, 3.8) is 0 Å². The molecule has 1 aromatic heterocycles. The van der Waals surface area contributed by atoms with Gasteiger partial charge in [0, 0.05) is 37.2 Å². The van der Waals surface area contributed by atoms with Crippen molar-refractivity contribution in [3.8, 4) is 0 Å². The molecule has 1 aromatic carbocycles. The molecule has 0 spiro atoms. The Morgan fingerprint density at radius 3 is 2.60 bits per heavy atom. The molecule has 0 radical (unpaired) electrons. The molecule has 2 aromatic rings. The largest absolute Gasteiger partial charge is 0.366 e. The van der Waals surface area contributed by atoms with Crippen LogP contribution in [0.15, 0.2) is 42.6 Å². The third-order valence-electron chi connectivity index (χ3n) is 7.02. The first-order chi connectivity index (χ1) is 14.3. The van der Waals surface area contributed by atoms with Gasteiger partial charge in [0.1, 0.15) is 5.82 Å². The molecule has 1 saturated heterocycles. The van der Waals surface area contributed by atoms with E-state index in [1.807, 2.05) is 24.2 Å². The van der Waals surface area contributed by atoms with Crippen molar-refractivity contribution < 1.29 is 4.79 Å². The van der Waals surface area contributed by atoms with Crippen LogP contribution in [0.2, 0.25) is 0 Å². The number of carbonyl (C=O) groups excluding carboxylic acids is 1. The summed E-state index contributed by atoms with van der Waals surface area (Å²) >= 11 is 0. The minimum Gasteiger partial charge on any atom is -0.366 e. The van der Waals surface area contributed by atoms with E-state index < -0.39 is 0 Å². The second kappa shape index (κ2) is 8.38. The number of likely N-dealkylation sites (tertiary alicyclic amines) is 1. The Bertz CT molecular complexity index is 884. The standard InChI is InChI=1S/C25H34N4O/c1-25(2)21-8-6-5-7-20(21)15-22(25)27-23-10-9-18(16-26-23)17-29(4)24(30)19-11-13-28(3)14-12-19/h5-10,16,19,22H,11-15,17H2,1-4H3,(H,26,27). The Balaban J connectivity index is 1.35. The van der Waals surface area contributed by atoms with E-state index in [9.17, 15) is 4.79 Å². The van der Waals surface area contributed by atoms with Crippen LogP contribution in [0.4, 0.5) is 5.82 Å². The third kappa shape index (κ3) is 4.22. The molecule has 4 rings (SSSR count). The summed E-state index contributed by atoms with van der Waals surface area (Å²) in [4.78, 5) is 21.6. The van der Waals surface area contributed by atoms with Crippen molar-refractivity contribution in [2.24, 2.45) is 5.92 Å². The van der Waals surface area contributed by atoms with Crippen molar-refractivity contribution in [2.45, 2.75) is 51.1 Å². The monoisotopic (exact) mass is 406 g/mol. The van der Waals surface area contributed by atoms with Gasteiger partial charge in [-0.25, -0.2) is 4.98 Å². The summed E-state index contributed by atoms with van der Waals surface area (Å²) in [6, 6.07) is 13.2. The number of hydrogen-bond donors (Lipinski definition) is 1. The minimum absolute atomic E-state index is 0.0671. The number of piperidine rings is 1. The van der Waals surface area contributed by atoms with Crippen LogP contribution in [0.25, 0.3) is 0 Å². The average molecular weight is 407 g/mol. The van der Waals surface area contributed by atoms with Crippen LogP contribution in [0.3, 0.4) is 0 Å². The molecule has 5 heteroatoms. The first-order valence-electron chi connectivity index (χ1n) is 11.1. The Morgan fingerprint density at radius 1 is 1.20 bits per heavy atom. The maximum absolute atomic E-state index is 12.8. The molecule has 5 nitrogen and oxygen atoms in total. The summed E-state index contributed by atoms with van der Waals surface area (Å²) in [6.45, 7) is 7.23. The van der Waals surface area contributed by atoms with Crippen LogP contribution in [-0.4, -0.2) is 53.9 Å². The molecule has 1 aliphatic heterocycles. The van der Waals surface area contributed by atoms with Crippen LogP contribution >= 0.6 is 0 Å². The highest BCUT2D eigenvalue weighted by Crippen LogP contribution is 2.39. The maximum atomic E-state index is 12.8. The Hall–Kier alpha value is -2.40.